The van der Waals surface area contributed by atoms with E-state index in [0.29, 0.717) is 5.56 Å². The van der Waals surface area contributed by atoms with Gasteiger partial charge in [-0.05, 0) is 56.4 Å². The average Bonchev–Trinajstić information content (AvgIpc) is 2.48. The molecule has 0 aliphatic heterocycles. The quantitative estimate of drug-likeness (QED) is 0.873. The van der Waals surface area contributed by atoms with Gasteiger partial charge < -0.3 is 10.2 Å². The smallest absolute Gasteiger partial charge is 0.251 e. The number of hydrogen-bond donors (Lipinski definition) is 1. The van der Waals surface area contributed by atoms with Gasteiger partial charge in [0.05, 0.1) is 6.04 Å². The third-order valence-electron chi connectivity index (χ3n) is 3.43. The third-order valence-corrected chi connectivity index (χ3v) is 3.96. The van der Waals surface area contributed by atoms with Crippen LogP contribution in [0.2, 0.25) is 0 Å². The van der Waals surface area contributed by atoms with Gasteiger partial charge in [0.25, 0.3) is 5.91 Å². The van der Waals surface area contributed by atoms with Crippen LogP contribution in [-0.2, 0) is 6.54 Å². The molecule has 1 amide bonds. The molecular weight excluding hydrogens is 340 g/mol. The molecule has 0 bridgehead atoms. The molecule has 0 aliphatic rings. The molecule has 0 unspecified atom stereocenters. The first-order chi connectivity index (χ1) is 10.5. The number of benzene rings is 2. The van der Waals surface area contributed by atoms with E-state index in [0.717, 1.165) is 16.6 Å². The summed E-state index contributed by atoms with van der Waals surface area (Å²) in [5.41, 5.74) is 2.97. The normalized spacial score (nSPS) is 12.2. The number of halogens is 1. The fourth-order valence-corrected chi connectivity index (χ4v) is 2.51. The molecule has 0 aliphatic carbocycles. The largest absolute Gasteiger partial charge is 0.346 e. The van der Waals surface area contributed by atoms with Crippen molar-refractivity contribution in [3.8, 4) is 0 Å². The maximum Gasteiger partial charge on any atom is 0.251 e. The topological polar surface area (TPSA) is 32.3 Å². The van der Waals surface area contributed by atoms with Crippen molar-refractivity contribution in [3.05, 3.63) is 69.7 Å². The molecule has 3 nitrogen and oxygen atoms in total. The lowest BCUT2D eigenvalue weighted by atomic mass is 10.1. The highest BCUT2D eigenvalue weighted by molar-refractivity contribution is 9.10. The predicted octanol–water partition coefficient (Wildman–Crippen LogP) is 4.00. The third kappa shape index (κ3) is 4.68. The highest BCUT2D eigenvalue weighted by Crippen LogP contribution is 2.17. The summed E-state index contributed by atoms with van der Waals surface area (Å²) in [5.74, 6) is -0.0492. The Morgan fingerprint density at radius 3 is 2.23 bits per heavy atom. The molecule has 116 valence electrons. The van der Waals surface area contributed by atoms with E-state index in [1.807, 2.05) is 69.6 Å². The van der Waals surface area contributed by atoms with Gasteiger partial charge in [0, 0.05) is 16.6 Å². The van der Waals surface area contributed by atoms with E-state index < -0.39 is 0 Å². The fraction of sp³-hybridized carbons (Fsp3) is 0.278. The van der Waals surface area contributed by atoms with Gasteiger partial charge in [0.1, 0.15) is 0 Å². The number of amides is 1. The van der Waals surface area contributed by atoms with Gasteiger partial charge in [-0.3, -0.25) is 4.79 Å². The zero-order valence-corrected chi connectivity index (χ0v) is 14.7. The van der Waals surface area contributed by atoms with Crippen molar-refractivity contribution in [1.82, 2.24) is 10.2 Å². The molecule has 0 saturated carbocycles. The molecule has 2 aromatic rings. The van der Waals surface area contributed by atoms with Crippen molar-refractivity contribution in [2.45, 2.75) is 19.5 Å². The highest BCUT2D eigenvalue weighted by atomic mass is 79.9. The number of carbonyl (C=O) groups is 1. The molecular formula is C18H21BrN2O. The maximum atomic E-state index is 12.3. The van der Waals surface area contributed by atoms with Crippen molar-refractivity contribution in [2.24, 2.45) is 0 Å². The SMILES string of the molecule is C[C@H](NC(=O)c1ccc(CN(C)C)cc1)c1ccc(Br)cc1. The van der Waals surface area contributed by atoms with Crippen LogP contribution in [0.15, 0.2) is 53.0 Å². The van der Waals surface area contributed by atoms with Crippen molar-refractivity contribution in [2.75, 3.05) is 14.1 Å². The summed E-state index contributed by atoms with van der Waals surface area (Å²) in [4.78, 5) is 14.4. The first kappa shape index (κ1) is 16.7. The first-order valence-corrected chi connectivity index (χ1v) is 8.05. The Kier molecular flexibility index (Phi) is 5.75. The van der Waals surface area contributed by atoms with Crippen LogP contribution in [-0.4, -0.2) is 24.9 Å². The van der Waals surface area contributed by atoms with Gasteiger partial charge >= 0.3 is 0 Å². The van der Waals surface area contributed by atoms with E-state index in [1.165, 1.54) is 5.56 Å². The van der Waals surface area contributed by atoms with E-state index >= 15 is 0 Å². The van der Waals surface area contributed by atoms with Gasteiger partial charge in [-0.25, -0.2) is 0 Å². The Bertz CT molecular complexity index is 621. The summed E-state index contributed by atoms with van der Waals surface area (Å²) in [6.07, 6.45) is 0. The van der Waals surface area contributed by atoms with Crippen LogP contribution in [0.3, 0.4) is 0 Å². The molecule has 0 fully saturated rings. The van der Waals surface area contributed by atoms with E-state index in [2.05, 4.69) is 26.1 Å². The monoisotopic (exact) mass is 360 g/mol. The van der Waals surface area contributed by atoms with Gasteiger partial charge in [-0.15, -0.1) is 0 Å². The Morgan fingerprint density at radius 2 is 1.68 bits per heavy atom. The molecule has 2 rings (SSSR count). The van der Waals surface area contributed by atoms with Crippen LogP contribution in [0, 0.1) is 0 Å². The number of rotatable bonds is 5. The number of nitrogens with one attached hydrogen (secondary N) is 1. The Hall–Kier alpha value is -1.65. The van der Waals surface area contributed by atoms with Gasteiger partial charge in [-0.1, -0.05) is 40.2 Å². The molecule has 2 aromatic carbocycles. The second kappa shape index (κ2) is 7.56. The highest BCUT2D eigenvalue weighted by Gasteiger charge is 2.11. The predicted molar refractivity (Wildman–Crippen MR) is 93.9 cm³/mol. The minimum absolute atomic E-state index is 0.0259. The zero-order chi connectivity index (χ0) is 16.1. The van der Waals surface area contributed by atoms with Gasteiger partial charge in [-0.2, -0.15) is 0 Å². The van der Waals surface area contributed by atoms with Crippen molar-refractivity contribution >= 4 is 21.8 Å². The minimum Gasteiger partial charge on any atom is -0.346 e. The van der Waals surface area contributed by atoms with Crippen LogP contribution in [0.4, 0.5) is 0 Å². The van der Waals surface area contributed by atoms with E-state index in [-0.39, 0.29) is 11.9 Å². The summed E-state index contributed by atoms with van der Waals surface area (Å²) < 4.78 is 1.03. The van der Waals surface area contributed by atoms with Crippen LogP contribution in [0.5, 0.6) is 0 Å². The molecule has 1 N–H and O–H groups in total. The maximum absolute atomic E-state index is 12.3. The molecule has 0 radical (unpaired) electrons. The van der Waals surface area contributed by atoms with Gasteiger partial charge in [0.2, 0.25) is 0 Å². The average molecular weight is 361 g/mol. The summed E-state index contributed by atoms with van der Waals surface area (Å²) in [6.45, 7) is 2.86. The summed E-state index contributed by atoms with van der Waals surface area (Å²) in [6, 6.07) is 15.7. The molecule has 0 aromatic heterocycles. The number of nitrogens with zero attached hydrogens (tertiary/aromatic N) is 1. The molecule has 22 heavy (non-hydrogen) atoms. The van der Waals surface area contributed by atoms with Crippen molar-refractivity contribution in [3.63, 3.8) is 0 Å². The summed E-state index contributed by atoms with van der Waals surface area (Å²) in [5, 5.41) is 3.03. The number of hydrogen-bond acceptors (Lipinski definition) is 2. The Balaban J connectivity index is 2.00. The lowest BCUT2D eigenvalue weighted by Crippen LogP contribution is -2.26. The minimum atomic E-state index is -0.0492. The van der Waals surface area contributed by atoms with E-state index in [9.17, 15) is 4.79 Å². The van der Waals surface area contributed by atoms with Crippen LogP contribution >= 0.6 is 15.9 Å². The molecule has 0 heterocycles. The Morgan fingerprint density at radius 1 is 1.09 bits per heavy atom. The van der Waals surface area contributed by atoms with E-state index in [4.69, 9.17) is 0 Å². The van der Waals surface area contributed by atoms with Crippen LogP contribution in [0.1, 0.15) is 34.5 Å². The standard InChI is InChI=1S/C18H21BrN2O/c1-13(15-8-10-17(19)11-9-15)20-18(22)16-6-4-14(5-7-16)12-21(2)3/h4-11,13H,12H2,1-3H3,(H,20,22)/t13-/m0/s1. The number of carbonyl (C=O) groups excluding carboxylic acids is 1. The molecule has 0 saturated heterocycles. The fourth-order valence-electron chi connectivity index (χ4n) is 2.24. The summed E-state index contributed by atoms with van der Waals surface area (Å²) >= 11 is 3.41. The van der Waals surface area contributed by atoms with E-state index in [1.54, 1.807) is 0 Å². The second-order valence-electron chi connectivity index (χ2n) is 5.68. The molecule has 1 atom stereocenters. The summed E-state index contributed by atoms with van der Waals surface area (Å²) in [7, 11) is 4.06. The molecule has 0 spiro atoms. The lowest BCUT2D eigenvalue weighted by Gasteiger charge is -2.15. The first-order valence-electron chi connectivity index (χ1n) is 7.25. The lowest BCUT2D eigenvalue weighted by molar-refractivity contribution is 0.0940. The van der Waals surface area contributed by atoms with Crippen LogP contribution < -0.4 is 5.32 Å². The zero-order valence-electron chi connectivity index (χ0n) is 13.1. The molecule has 4 heteroatoms. The van der Waals surface area contributed by atoms with Gasteiger partial charge in [0.15, 0.2) is 0 Å². The van der Waals surface area contributed by atoms with Crippen molar-refractivity contribution in [1.29, 1.82) is 0 Å². The Labute approximate surface area is 140 Å². The second-order valence-corrected chi connectivity index (χ2v) is 6.60. The van der Waals surface area contributed by atoms with Crippen LogP contribution in [0.25, 0.3) is 0 Å². The van der Waals surface area contributed by atoms with Crippen molar-refractivity contribution < 1.29 is 4.79 Å².